The molecule has 0 atom stereocenters. The van der Waals surface area contributed by atoms with Crippen molar-refractivity contribution in [1.29, 1.82) is 0 Å². The maximum Gasteiger partial charge on any atom is 0.252 e. The number of rotatable bonds is 5. The van der Waals surface area contributed by atoms with Gasteiger partial charge in [0.1, 0.15) is 0 Å². The SMILES string of the molecule is CC(C)(C)c1ccc(N2c3cc(-c4nc(-c5cc(C(C)(C)C)cc(C(C)(C)C)c5)cc(-c5cc(C(C)(C)C)cc(C(C)(C)C)c5)n4)cc4c3B(c3cc5c6cccc7cccc(c8cccc(c32)c85)c76)c2cc3c5cccc6cccc(c7cccc(c2N4c2ccc(C(C)(C)C)cc2)c73)c65)cc1. The van der Waals surface area contributed by atoms with Crippen LogP contribution in [0.25, 0.3) is 120 Å². The highest BCUT2D eigenvalue weighted by Crippen LogP contribution is 2.54. The van der Waals surface area contributed by atoms with Crippen LogP contribution in [0, 0.1) is 0 Å². The molecule has 0 spiro atoms. The Hall–Kier alpha value is -10.4. The van der Waals surface area contributed by atoms with Gasteiger partial charge < -0.3 is 9.80 Å². The van der Waals surface area contributed by atoms with E-state index in [1.165, 1.54) is 147 Å². The van der Waals surface area contributed by atoms with Crippen molar-refractivity contribution in [2.24, 2.45) is 0 Å². The quantitative estimate of drug-likeness (QED) is 0.0977. The van der Waals surface area contributed by atoms with Gasteiger partial charge in [-0.15, -0.1) is 0 Å². The summed E-state index contributed by atoms with van der Waals surface area (Å²) in [7, 11) is 0. The van der Waals surface area contributed by atoms with Gasteiger partial charge in [0.25, 0.3) is 6.71 Å². The Kier molecular flexibility index (Phi) is 13.9. The fourth-order valence-corrected chi connectivity index (χ4v) is 17.4. The molecule has 0 saturated carbocycles. The zero-order valence-corrected chi connectivity index (χ0v) is 63.2. The lowest BCUT2D eigenvalue weighted by molar-refractivity contribution is 0.568. The molecule has 506 valence electrons. The number of hydrogen-bond acceptors (Lipinski definition) is 4. The summed E-state index contributed by atoms with van der Waals surface area (Å²) in [6, 6.07) is 88.0. The summed E-state index contributed by atoms with van der Waals surface area (Å²) in [5, 5.41) is 20.3. The summed E-state index contributed by atoms with van der Waals surface area (Å²) in [5.41, 5.74) is 22.5. The summed E-state index contributed by atoms with van der Waals surface area (Å²) < 4.78 is 0. The molecule has 18 rings (SSSR count). The normalized spacial score (nSPS) is 13.9. The van der Waals surface area contributed by atoms with E-state index in [-0.39, 0.29) is 39.2 Å². The Bertz CT molecular complexity index is 5780. The van der Waals surface area contributed by atoms with Crippen LogP contribution in [0.1, 0.15) is 158 Å². The minimum Gasteiger partial charge on any atom is -0.311 e. The Morgan fingerprint density at radius 2 is 0.563 bits per heavy atom. The third kappa shape index (κ3) is 10.1. The first kappa shape index (κ1) is 64.7. The summed E-state index contributed by atoms with van der Waals surface area (Å²) in [6.07, 6.45) is 0. The second kappa shape index (κ2) is 22.1. The molecule has 5 heteroatoms. The van der Waals surface area contributed by atoms with Crippen molar-refractivity contribution in [2.75, 3.05) is 9.80 Å². The van der Waals surface area contributed by atoms with Crippen molar-refractivity contribution in [3.05, 3.63) is 258 Å². The Labute approximate surface area is 608 Å². The average Bonchev–Trinajstić information content (AvgIpc) is 0.674. The molecule has 0 aliphatic carbocycles. The Morgan fingerprint density at radius 1 is 0.262 bits per heavy atom. The minimum absolute atomic E-state index is 0.0783. The van der Waals surface area contributed by atoms with E-state index in [0.717, 1.165) is 50.8 Å². The van der Waals surface area contributed by atoms with Gasteiger partial charge in [0.05, 0.1) is 11.4 Å². The van der Waals surface area contributed by atoms with Crippen LogP contribution in [0.2, 0.25) is 0 Å². The average molecular weight is 1340 g/mol. The maximum absolute atomic E-state index is 6.03. The van der Waals surface area contributed by atoms with Crippen LogP contribution in [0.5, 0.6) is 0 Å². The van der Waals surface area contributed by atoms with E-state index in [1.807, 2.05) is 0 Å². The molecule has 0 fully saturated rings. The standard InChI is InChI=1S/C98H91BN4/c1-93(2,3)61-37-41-67(42-38-61)102-83-49-60(92-100-81(58-45-63(95(7,8)9)51-64(46-58)96(10,11)12)55-82(101-92)59-47-65(97(13,14)15)52-66(48-59)98(16,17)18)50-84-89(83)99(79-53-77-73-31-21-27-56-25-19-29-69(85(56)73)71-33-23-35-75(87(71)77)90(79)102)80-54-78-74-32-22-28-57-26-20-30-70(86(57)74)72-34-24-36-76(88(72)78)91(80)103(84)68-43-39-62(40-44-68)94(4,5)6/h19-55H,1-18H3. The van der Waals surface area contributed by atoms with Crippen LogP contribution in [-0.2, 0) is 32.5 Å². The molecule has 1 aromatic heterocycles. The van der Waals surface area contributed by atoms with Gasteiger partial charge in [-0.25, -0.2) is 9.97 Å². The first-order valence-electron chi connectivity index (χ1n) is 37.3. The smallest absolute Gasteiger partial charge is 0.252 e. The third-order valence-electron chi connectivity index (χ3n) is 23.2. The minimum atomic E-state index is -0.254. The number of nitrogens with zero attached hydrogens (tertiary/aromatic N) is 4. The maximum atomic E-state index is 6.03. The molecule has 0 N–H and O–H groups in total. The molecule has 0 saturated heterocycles. The molecule has 0 unspecified atom stereocenters. The zero-order valence-electron chi connectivity index (χ0n) is 63.2. The molecule has 15 aromatic carbocycles. The van der Waals surface area contributed by atoms with Crippen molar-refractivity contribution in [3.63, 3.8) is 0 Å². The van der Waals surface area contributed by atoms with Gasteiger partial charge in [-0.05, 0) is 224 Å². The number of anilines is 6. The van der Waals surface area contributed by atoms with E-state index in [1.54, 1.807) is 0 Å². The van der Waals surface area contributed by atoms with Gasteiger partial charge in [0, 0.05) is 61.6 Å². The number of aromatic nitrogens is 2. The summed E-state index contributed by atoms with van der Waals surface area (Å²) in [6.45, 7) is 41.7. The zero-order chi connectivity index (χ0) is 71.7. The topological polar surface area (TPSA) is 32.3 Å². The van der Waals surface area contributed by atoms with E-state index >= 15 is 0 Å². The molecule has 2 aliphatic heterocycles. The molecular weight excluding hydrogens is 1240 g/mol. The van der Waals surface area contributed by atoms with E-state index in [0.29, 0.717) is 5.82 Å². The number of hydrogen-bond donors (Lipinski definition) is 0. The van der Waals surface area contributed by atoms with E-state index in [9.17, 15) is 0 Å². The molecule has 0 amide bonds. The molecule has 0 bridgehead atoms. The highest BCUT2D eigenvalue weighted by molar-refractivity contribution is 7.01. The largest absolute Gasteiger partial charge is 0.311 e. The van der Waals surface area contributed by atoms with Gasteiger partial charge in [0.2, 0.25) is 0 Å². The second-order valence-electron chi connectivity index (χ2n) is 36.3. The van der Waals surface area contributed by atoms with Crippen molar-refractivity contribution >= 4 is 143 Å². The van der Waals surface area contributed by atoms with Gasteiger partial charge in [0.15, 0.2) is 5.82 Å². The van der Waals surface area contributed by atoms with E-state index in [4.69, 9.17) is 9.97 Å². The lowest BCUT2D eigenvalue weighted by atomic mass is 9.33. The van der Waals surface area contributed by atoms with E-state index in [2.05, 4.69) is 359 Å². The molecule has 3 heterocycles. The highest BCUT2D eigenvalue weighted by atomic mass is 15.2. The van der Waals surface area contributed by atoms with Crippen LogP contribution in [0.15, 0.2) is 224 Å². The van der Waals surface area contributed by atoms with Crippen LogP contribution < -0.4 is 26.2 Å². The summed E-state index contributed by atoms with van der Waals surface area (Å²) >= 11 is 0. The van der Waals surface area contributed by atoms with E-state index < -0.39 is 0 Å². The van der Waals surface area contributed by atoms with Gasteiger partial charge in [-0.3, -0.25) is 0 Å². The molecule has 4 nitrogen and oxygen atoms in total. The van der Waals surface area contributed by atoms with Gasteiger partial charge in [-0.1, -0.05) is 282 Å². The lowest BCUT2D eigenvalue weighted by Gasteiger charge is -2.45. The number of benzene rings is 15. The van der Waals surface area contributed by atoms with Crippen LogP contribution >= 0.6 is 0 Å². The predicted octanol–water partition coefficient (Wildman–Crippen LogP) is 25.4. The monoisotopic (exact) mass is 1330 g/mol. The van der Waals surface area contributed by atoms with Crippen molar-refractivity contribution in [2.45, 2.75) is 157 Å². The van der Waals surface area contributed by atoms with Crippen LogP contribution in [0.3, 0.4) is 0 Å². The molecule has 103 heavy (non-hydrogen) atoms. The van der Waals surface area contributed by atoms with Crippen molar-refractivity contribution in [1.82, 2.24) is 9.97 Å². The van der Waals surface area contributed by atoms with Crippen LogP contribution in [0.4, 0.5) is 34.1 Å². The molecule has 2 aliphatic rings. The highest BCUT2D eigenvalue weighted by Gasteiger charge is 2.46. The molecule has 16 aromatic rings. The van der Waals surface area contributed by atoms with Crippen molar-refractivity contribution in [3.8, 4) is 33.9 Å². The first-order valence-corrected chi connectivity index (χ1v) is 37.3. The Balaban J connectivity index is 1.04. The van der Waals surface area contributed by atoms with Crippen LogP contribution in [-0.4, -0.2) is 16.7 Å². The fraction of sp³-hybridized carbons (Fsp3) is 0.245. The molecule has 0 radical (unpaired) electrons. The predicted molar refractivity (Wildman–Crippen MR) is 447 cm³/mol. The first-order chi connectivity index (χ1) is 48.8. The third-order valence-corrected chi connectivity index (χ3v) is 23.2. The van der Waals surface area contributed by atoms with Crippen molar-refractivity contribution < 1.29 is 0 Å². The lowest BCUT2D eigenvalue weighted by Crippen LogP contribution is -2.61. The Morgan fingerprint density at radius 3 is 0.893 bits per heavy atom. The summed E-state index contributed by atoms with van der Waals surface area (Å²) in [5.74, 6) is 0.672. The number of fused-ring (bicyclic) bond motifs is 10. The second-order valence-corrected chi connectivity index (χ2v) is 36.3. The molecular formula is C98H91BN4. The fourth-order valence-electron chi connectivity index (χ4n) is 17.4. The van der Waals surface area contributed by atoms with Gasteiger partial charge in [-0.2, -0.15) is 0 Å². The summed E-state index contributed by atoms with van der Waals surface area (Å²) in [4.78, 5) is 17.4. The van der Waals surface area contributed by atoms with Gasteiger partial charge >= 0.3 is 0 Å².